The molecule has 8 nitrogen and oxygen atoms in total. The maximum Gasteiger partial charge on any atom is 0.257 e. The van der Waals surface area contributed by atoms with Gasteiger partial charge in [-0.2, -0.15) is 0 Å². The van der Waals surface area contributed by atoms with E-state index in [-0.39, 0.29) is 23.6 Å². The largest absolute Gasteiger partial charge is 0.492 e. The average molecular weight is 471 g/mol. The first-order chi connectivity index (χ1) is 16.0. The molecular weight excluding hydrogens is 440 g/mol. The van der Waals surface area contributed by atoms with E-state index in [0.29, 0.717) is 30.9 Å². The number of carbonyl (C=O) groups is 1. The molecular formula is C24H30N4O4S. The lowest BCUT2D eigenvalue weighted by Gasteiger charge is -2.38. The number of hydrogen-bond donors (Lipinski definition) is 1. The summed E-state index contributed by atoms with van der Waals surface area (Å²) in [5, 5.41) is 4.01. The molecule has 1 amide bonds. The van der Waals surface area contributed by atoms with Crippen LogP contribution < -0.4 is 15.6 Å². The van der Waals surface area contributed by atoms with Crippen molar-refractivity contribution >= 4 is 17.7 Å². The van der Waals surface area contributed by atoms with Crippen LogP contribution >= 0.6 is 11.8 Å². The predicted molar refractivity (Wildman–Crippen MR) is 126 cm³/mol. The second-order valence-corrected chi connectivity index (χ2v) is 9.91. The van der Waals surface area contributed by atoms with Gasteiger partial charge in [0.25, 0.3) is 11.5 Å². The molecule has 1 aromatic heterocycles. The van der Waals surface area contributed by atoms with Gasteiger partial charge in [-0.05, 0) is 31.4 Å². The van der Waals surface area contributed by atoms with Crippen LogP contribution in [0.5, 0.6) is 5.75 Å². The second kappa shape index (κ2) is 9.48. The molecule has 33 heavy (non-hydrogen) atoms. The van der Waals surface area contributed by atoms with Crippen LogP contribution in [0.25, 0.3) is 0 Å². The average Bonchev–Trinajstić information content (AvgIpc) is 3.49. The number of nitrogens with one attached hydrogen (secondary N) is 1. The number of benzene rings is 1. The molecule has 0 radical (unpaired) electrons. The first-order valence-corrected chi connectivity index (χ1v) is 12.6. The van der Waals surface area contributed by atoms with Gasteiger partial charge in [-0.1, -0.05) is 23.9 Å². The highest BCUT2D eigenvalue weighted by Crippen LogP contribution is 2.29. The summed E-state index contributed by atoms with van der Waals surface area (Å²) >= 11 is 1.65. The fraction of sp³-hybridized carbons (Fsp3) is 0.542. The Kier molecular flexibility index (Phi) is 6.44. The van der Waals surface area contributed by atoms with Crippen LogP contribution in [-0.4, -0.2) is 71.6 Å². The molecule has 0 aliphatic carbocycles. The molecule has 2 unspecified atom stereocenters. The van der Waals surface area contributed by atoms with Crippen LogP contribution in [0.4, 0.5) is 0 Å². The first-order valence-electron chi connectivity index (χ1n) is 11.6. The topological polar surface area (TPSA) is 85.7 Å². The third-order valence-electron chi connectivity index (χ3n) is 6.88. The summed E-state index contributed by atoms with van der Waals surface area (Å²) in [6, 6.07) is 5.68. The van der Waals surface area contributed by atoms with Gasteiger partial charge < -0.3 is 19.7 Å². The number of aryl methyl sites for hydroxylation is 1. The molecule has 0 bridgehead atoms. The summed E-state index contributed by atoms with van der Waals surface area (Å²) in [6.07, 6.45) is 2.19. The molecule has 3 aliphatic heterocycles. The Labute approximate surface area is 197 Å². The number of carbonyl (C=O) groups excluding carboxylic acids is 1. The fourth-order valence-corrected chi connectivity index (χ4v) is 5.98. The van der Waals surface area contributed by atoms with Crippen molar-refractivity contribution in [1.82, 2.24) is 19.8 Å². The Hall–Kier alpha value is -2.36. The highest BCUT2D eigenvalue weighted by molar-refractivity contribution is 7.99. The number of aromatic nitrogens is 2. The molecule has 5 rings (SSSR count). The van der Waals surface area contributed by atoms with Crippen molar-refractivity contribution in [2.45, 2.75) is 50.0 Å². The van der Waals surface area contributed by atoms with Crippen molar-refractivity contribution < 1.29 is 14.3 Å². The number of likely N-dealkylation sites (tertiary alicyclic amines) is 1. The first kappa shape index (κ1) is 22.4. The summed E-state index contributed by atoms with van der Waals surface area (Å²) in [4.78, 5) is 32.8. The quantitative estimate of drug-likeness (QED) is 0.643. The number of nitrogens with zero attached hydrogens (tertiary/aromatic N) is 3. The van der Waals surface area contributed by atoms with Gasteiger partial charge in [0.15, 0.2) is 5.16 Å². The number of para-hydroxylation sites is 1. The summed E-state index contributed by atoms with van der Waals surface area (Å²) in [6.45, 7) is 5.61. The van der Waals surface area contributed by atoms with Gasteiger partial charge in [-0.15, -0.1) is 0 Å². The molecule has 1 N–H and O–H groups in total. The molecule has 2 aromatic rings. The van der Waals surface area contributed by atoms with Gasteiger partial charge in [-0.3, -0.25) is 14.2 Å². The number of piperidine rings is 1. The zero-order valence-electron chi connectivity index (χ0n) is 19.1. The maximum absolute atomic E-state index is 13.0. The molecule has 2 atom stereocenters. The standard InChI is InChI=1S/C24H30N4O4S/c1-15-17(23(30)28-11-13-33-24(28)25-15)6-9-27-10-7-19(20(14-27)31-2)26-22(29)18-5-3-4-16-8-12-32-21(16)18/h3-5,19-20H,6-14H2,1-2H3,(H,26,29). The Morgan fingerprint density at radius 1 is 1.36 bits per heavy atom. The number of amides is 1. The summed E-state index contributed by atoms with van der Waals surface area (Å²) in [5.41, 5.74) is 3.44. The molecule has 4 heterocycles. The van der Waals surface area contributed by atoms with E-state index < -0.39 is 0 Å². The van der Waals surface area contributed by atoms with E-state index in [1.54, 1.807) is 23.4 Å². The Morgan fingerprint density at radius 2 is 2.24 bits per heavy atom. The van der Waals surface area contributed by atoms with Crippen molar-refractivity contribution in [2.24, 2.45) is 0 Å². The molecule has 1 saturated heterocycles. The van der Waals surface area contributed by atoms with Crippen molar-refractivity contribution in [3.63, 3.8) is 0 Å². The zero-order valence-corrected chi connectivity index (χ0v) is 20.0. The number of methoxy groups -OCH3 is 1. The van der Waals surface area contributed by atoms with Crippen molar-refractivity contribution in [3.8, 4) is 5.75 Å². The monoisotopic (exact) mass is 470 g/mol. The Balaban J connectivity index is 1.21. The van der Waals surface area contributed by atoms with Gasteiger partial charge in [0.2, 0.25) is 0 Å². The van der Waals surface area contributed by atoms with E-state index in [1.165, 1.54) is 0 Å². The van der Waals surface area contributed by atoms with Crippen molar-refractivity contribution in [2.75, 3.05) is 39.1 Å². The fourth-order valence-electron chi connectivity index (χ4n) is 5.00. The Bertz CT molecular complexity index is 1120. The van der Waals surface area contributed by atoms with Crippen LogP contribution in [0.1, 0.15) is 33.6 Å². The zero-order chi connectivity index (χ0) is 22.9. The van der Waals surface area contributed by atoms with E-state index in [0.717, 1.165) is 60.2 Å². The molecule has 176 valence electrons. The molecule has 0 saturated carbocycles. The van der Waals surface area contributed by atoms with Crippen molar-refractivity contribution in [3.05, 3.63) is 50.9 Å². The van der Waals surface area contributed by atoms with Crippen LogP contribution in [0.2, 0.25) is 0 Å². The number of thioether (sulfide) groups is 1. The second-order valence-electron chi connectivity index (χ2n) is 8.85. The molecule has 0 spiro atoms. The van der Waals surface area contributed by atoms with Crippen LogP contribution in [0.3, 0.4) is 0 Å². The molecule has 1 fully saturated rings. The van der Waals surface area contributed by atoms with Gasteiger partial charge in [-0.25, -0.2) is 4.98 Å². The third kappa shape index (κ3) is 4.41. The predicted octanol–water partition coefficient (Wildman–Crippen LogP) is 1.65. The maximum atomic E-state index is 13.0. The van der Waals surface area contributed by atoms with E-state index >= 15 is 0 Å². The normalized spacial score (nSPS) is 22.0. The molecule has 9 heteroatoms. The highest BCUT2D eigenvalue weighted by atomic mass is 32.2. The lowest BCUT2D eigenvalue weighted by Crippen LogP contribution is -2.55. The van der Waals surface area contributed by atoms with Crippen LogP contribution in [-0.2, 0) is 24.1 Å². The van der Waals surface area contributed by atoms with E-state index in [2.05, 4.69) is 15.2 Å². The van der Waals surface area contributed by atoms with Crippen LogP contribution in [0, 0.1) is 6.92 Å². The summed E-state index contributed by atoms with van der Waals surface area (Å²) < 4.78 is 13.3. The van der Waals surface area contributed by atoms with E-state index in [9.17, 15) is 9.59 Å². The summed E-state index contributed by atoms with van der Waals surface area (Å²) in [7, 11) is 1.69. The minimum absolute atomic E-state index is 0.0675. The smallest absolute Gasteiger partial charge is 0.257 e. The van der Waals surface area contributed by atoms with Gasteiger partial charge in [0.1, 0.15) is 5.75 Å². The number of hydrogen-bond acceptors (Lipinski definition) is 7. The van der Waals surface area contributed by atoms with Gasteiger partial charge in [0, 0.05) is 56.7 Å². The lowest BCUT2D eigenvalue weighted by molar-refractivity contribution is 0.00671. The summed E-state index contributed by atoms with van der Waals surface area (Å²) in [5.74, 6) is 1.52. The van der Waals surface area contributed by atoms with Crippen molar-refractivity contribution in [1.29, 1.82) is 0 Å². The highest BCUT2D eigenvalue weighted by Gasteiger charge is 2.32. The minimum atomic E-state index is -0.114. The molecule has 1 aromatic carbocycles. The Morgan fingerprint density at radius 3 is 3.09 bits per heavy atom. The SMILES string of the molecule is COC1CN(CCc2c(C)nc3n(c2=O)CCS3)CCC1NC(=O)c1cccc2c1OCC2. The number of fused-ring (bicyclic) bond motifs is 2. The van der Waals surface area contributed by atoms with Gasteiger partial charge >= 0.3 is 0 Å². The lowest BCUT2D eigenvalue weighted by atomic mass is 9.99. The number of rotatable bonds is 6. The van der Waals surface area contributed by atoms with E-state index in [4.69, 9.17) is 9.47 Å². The van der Waals surface area contributed by atoms with Gasteiger partial charge in [0.05, 0.1) is 24.3 Å². The minimum Gasteiger partial charge on any atom is -0.492 e. The van der Waals surface area contributed by atoms with Crippen LogP contribution in [0.15, 0.2) is 28.2 Å². The van der Waals surface area contributed by atoms with E-state index in [1.807, 2.05) is 25.1 Å². The molecule has 3 aliphatic rings. The number of ether oxygens (including phenoxy) is 2. The third-order valence-corrected chi connectivity index (χ3v) is 7.84.